The van der Waals surface area contributed by atoms with Crippen molar-refractivity contribution in [2.75, 3.05) is 25.1 Å². The predicted octanol–water partition coefficient (Wildman–Crippen LogP) is 1.80. The first-order valence-corrected chi connectivity index (χ1v) is 9.92. The Balaban J connectivity index is 1.35. The van der Waals surface area contributed by atoms with E-state index in [0.717, 1.165) is 12.2 Å². The Morgan fingerprint density at radius 1 is 1.21 bits per heavy atom. The molecule has 0 radical (unpaired) electrons. The van der Waals surface area contributed by atoms with Crippen molar-refractivity contribution in [3.63, 3.8) is 0 Å². The van der Waals surface area contributed by atoms with E-state index in [9.17, 15) is 0 Å². The van der Waals surface area contributed by atoms with Crippen LogP contribution in [0.25, 0.3) is 11.5 Å². The zero-order chi connectivity index (χ0) is 19.5. The minimum atomic E-state index is -0.0822. The molecule has 2 aliphatic rings. The van der Waals surface area contributed by atoms with Crippen LogP contribution < -0.4 is 16.0 Å². The summed E-state index contributed by atoms with van der Waals surface area (Å²) in [5, 5.41) is 10.5. The van der Waals surface area contributed by atoms with E-state index in [-0.39, 0.29) is 24.3 Å². The molecule has 2 saturated heterocycles. The van der Waals surface area contributed by atoms with E-state index in [0.29, 0.717) is 36.0 Å². The summed E-state index contributed by atoms with van der Waals surface area (Å²) in [6.07, 6.45) is 3.19. The van der Waals surface area contributed by atoms with Crippen LogP contribution in [-0.2, 0) is 9.47 Å². The Bertz CT molecular complexity index is 801. The third-order valence-corrected chi connectivity index (χ3v) is 5.05. The van der Waals surface area contributed by atoms with Crippen LogP contribution in [0.1, 0.15) is 13.8 Å². The Kier molecular flexibility index (Phi) is 5.74. The van der Waals surface area contributed by atoms with Crippen molar-refractivity contribution in [3.05, 3.63) is 30.7 Å². The van der Waals surface area contributed by atoms with Crippen LogP contribution in [0.15, 0.2) is 35.1 Å². The molecule has 0 aliphatic carbocycles. The molecule has 3 N–H and O–H groups in total. The van der Waals surface area contributed by atoms with Crippen molar-refractivity contribution < 1.29 is 13.9 Å². The summed E-state index contributed by atoms with van der Waals surface area (Å²) in [7, 11) is 0. The number of nitrogens with one attached hydrogen (secondary N) is 3. The van der Waals surface area contributed by atoms with Gasteiger partial charge in [-0.05, 0) is 36.3 Å². The van der Waals surface area contributed by atoms with Crippen molar-refractivity contribution in [2.24, 2.45) is 5.92 Å². The topological polar surface area (TPSA) is 93.5 Å². The van der Waals surface area contributed by atoms with Crippen LogP contribution in [0.2, 0.25) is 0 Å². The van der Waals surface area contributed by atoms with Crippen molar-refractivity contribution in [2.45, 2.75) is 38.1 Å². The molecule has 0 spiro atoms. The Morgan fingerprint density at radius 3 is 2.75 bits per heavy atom. The van der Waals surface area contributed by atoms with Gasteiger partial charge >= 0.3 is 0 Å². The van der Waals surface area contributed by atoms with Crippen molar-refractivity contribution in [1.29, 1.82) is 0 Å². The number of rotatable bonds is 6. The average molecular weight is 404 g/mol. The first kappa shape index (κ1) is 19.1. The summed E-state index contributed by atoms with van der Waals surface area (Å²) >= 11 is 5.38. The fraction of sp³-hybridized carbons (Fsp3) is 0.526. The molecule has 2 aromatic heterocycles. The van der Waals surface area contributed by atoms with Crippen LogP contribution in [0, 0.1) is 5.92 Å². The second kappa shape index (κ2) is 8.42. The number of nitrogens with zero attached hydrogens (tertiary/aromatic N) is 2. The highest BCUT2D eigenvalue weighted by atomic mass is 32.1. The van der Waals surface area contributed by atoms with E-state index >= 15 is 0 Å². The minimum absolute atomic E-state index is 0.0270. The minimum Gasteiger partial charge on any atom is -0.463 e. The molecule has 4 heterocycles. The van der Waals surface area contributed by atoms with Gasteiger partial charge in [-0.2, -0.15) is 0 Å². The number of ether oxygens (including phenoxy) is 2. The molecule has 2 aromatic rings. The van der Waals surface area contributed by atoms with E-state index in [1.165, 1.54) is 0 Å². The maximum absolute atomic E-state index is 5.99. The number of hydrogen-bond donors (Lipinski definition) is 3. The SMILES string of the molecule is CC(C)CNC(=S)NC1COC2C(Nc3nccc(-c4ccco4)n3)COC12. The zero-order valence-electron chi connectivity index (χ0n) is 15.9. The summed E-state index contributed by atoms with van der Waals surface area (Å²) in [5.74, 6) is 1.76. The molecule has 0 amide bonds. The molecule has 4 unspecified atom stereocenters. The second-order valence-electron chi connectivity index (χ2n) is 7.44. The third kappa shape index (κ3) is 4.26. The molecule has 2 fully saturated rings. The number of anilines is 1. The van der Waals surface area contributed by atoms with Crippen molar-refractivity contribution in [3.8, 4) is 11.5 Å². The quantitative estimate of drug-likeness (QED) is 0.624. The summed E-state index contributed by atoms with van der Waals surface area (Å²) in [4.78, 5) is 8.84. The molecular formula is C19H25N5O3S. The largest absolute Gasteiger partial charge is 0.463 e. The first-order valence-electron chi connectivity index (χ1n) is 9.51. The summed E-state index contributed by atoms with van der Waals surface area (Å²) in [6, 6.07) is 5.52. The van der Waals surface area contributed by atoms with E-state index in [1.807, 2.05) is 18.2 Å². The lowest BCUT2D eigenvalue weighted by molar-refractivity contribution is 0.0688. The number of fused-ring (bicyclic) bond motifs is 1. The molecular weight excluding hydrogens is 378 g/mol. The fourth-order valence-electron chi connectivity index (χ4n) is 3.42. The standard InChI is InChI=1S/C19H25N5O3S/c1-11(2)8-21-19(28)24-14-10-27-16-13(9-26-17(14)16)23-18-20-6-5-12(22-18)15-4-3-7-25-15/h3-7,11,13-14,16-17H,8-10H2,1-2H3,(H,20,22,23)(H2,21,24,28). The predicted molar refractivity (Wildman–Crippen MR) is 109 cm³/mol. The summed E-state index contributed by atoms with van der Waals surface area (Å²) in [6.45, 7) is 6.19. The first-order chi connectivity index (χ1) is 13.6. The van der Waals surface area contributed by atoms with Crippen LogP contribution >= 0.6 is 12.2 Å². The monoisotopic (exact) mass is 403 g/mol. The highest BCUT2D eigenvalue weighted by Gasteiger charge is 2.48. The fourth-order valence-corrected chi connectivity index (χ4v) is 3.65. The van der Waals surface area contributed by atoms with E-state index in [4.69, 9.17) is 26.1 Å². The highest BCUT2D eigenvalue weighted by Crippen LogP contribution is 2.29. The number of aromatic nitrogens is 2. The van der Waals surface area contributed by atoms with Gasteiger partial charge in [0.25, 0.3) is 0 Å². The van der Waals surface area contributed by atoms with Crippen LogP contribution in [0.4, 0.5) is 5.95 Å². The maximum Gasteiger partial charge on any atom is 0.223 e. The van der Waals surface area contributed by atoms with Gasteiger partial charge in [0.15, 0.2) is 10.9 Å². The maximum atomic E-state index is 5.99. The van der Waals surface area contributed by atoms with Crippen molar-refractivity contribution in [1.82, 2.24) is 20.6 Å². The molecule has 9 heteroatoms. The molecule has 0 aromatic carbocycles. The molecule has 150 valence electrons. The smallest absolute Gasteiger partial charge is 0.223 e. The van der Waals surface area contributed by atoms with Crippen LogP contribution in [0.3, 0.4) is 0 Å². The molecule has 0 bridgehead atoms. The highest BCUT2D eigenvalue weighted by molar-refractivity contribution is 7.80. The van der Waals surface area contributed by atoms with Gasteiger partial charge < -0.3 is 29.8 Å². The van der Waals surface area contributed by atoms with Gasteiger partial charge in [-0.1, -0.05) is 13.8 Å². The lowest BCUT2D eigenvalue weighted by Gasteiger charge is -2.20. The average Bonchev–Trinajstić information content (AvgIpc) is 3.41. The molecule has 8 nitrogen and oxygen atoms in total. The normalized spacial score (nSPS) is 26.2. The van der Waals surface area contributed by atoms with Crippen molar-refractivity contribution >= 4 is 23.3 Å². The van der Waals surface area contributed by atoms with Gasteiger partial charge in [-0.25, -0.2) is 9.97 Å². The van der Waals surface area contributed by atoms with Gasteiger partial charge in [-0.15, -0.1) is 0 Å². The molecule has 4 rings (SSSR count). The zero-order valence-corrected chi connectivity index (χ0v) is 16.7. The molecule has 2 aliphatic heterocycles. The van der Waals surface area contributed by atoms with E-state index in [2.05, 4.69) is 39.8 Å². The molecule has 0 saturated carbocycles. The number of hydrogen-bond acceptors (Lipinski definition) is 7. The van der Waals surface area contributed by atoms with Gasteiger partial charge in [0, 0.05) is 12.7 Å². The summed E-state index contributed by atoms with van der Waals surface area (Å²) in [5.41, 5.74) is 0.728. The number of thiocarbonyl (C=S) groups is 1. The van der Waals surface area contributed by atoms with E-state index < -0.39 is 0 Å². The second-order valence-corrected chi connectivity index (χ2v) is 7.85. The third-order valence-electron chi connectivity index (χ3n) is 4.78. The lowest BCUT2D eigenvalue weighted by Crippen LogP contribution is -2.49. The Morgan fingerprint density at radius 2 is 2.00 bits per heavy atom. The van der Waals surface area contributed by atoms with E-state index in [1.54, 1.807) is 12.5 Å². The van der Waals surface area contributed by atoms with Gasteiger partial charge in [0.1, 0.15) is 17.9 Å². The van der Waals surface area contributed by atoms with Crippen LogP contribution in [0.5, 0.6) is 0 Å². The van der Waals surface area contributed by atoms with Gasteiger partial charge in [0.2, 0.25) is 5.95 Å². The Hall–Kier alpha value is -2.23. The molecule has 4 atom stereocenters. The Labute approximate surface area is 169 Å². The summed E-state index contributed by atoms with van der Waals surface area (Å²) < 4.78 is 17.4. The van der Waals surface area contributed by atoms with Gasteiger partial charge in [0.05, 0.1) is 31.6 Å². The molecule has 28 heavy (non-hydrogen) atoms. The van der Waals surface area contributed by atoms with Crippen LogP contribution in [-0.4, -0.2) is 59.1 Å². The lowest BCUT2D eigenvalue weighted by atomic mass is 10.1. The van der Waals surface area contributed by atoms with Gasteiger partial charge in [-0.3, -0.25) is 0 Å². The number of furan rings is 1.